The van der Waals surface area contributed by atoms with Crippen molar-refractivity contribution in [2.45, 2.75) is 77.1 Å². The number of alkyl carbamates (subject to hydrolysis) is 1. The van der Waals surface area contributed by atoms with Crippen LogP contribution in [0.25, 0.3) is 0 Å². The maximum Gasteiger partial charge on any atom is 0.407 e. The van der Waals surface area contributed by atoms with Crippen LogP contribution >= 0.6 is 0 Å². The van der Waals surface area contributed by atoms with Crippen LogP contribution < -0.4 is 11.1 Å². The van der Waals surface area contributed by atoms with Crippen LogP contribution in [0.3, 0.4) is 0 Å². The highest BCUT2D eigenvalue weighted by molar-refractivity contribution is 5.68. The smallest absolute Gasteiger partial charge is 0.407 e. The van der Waals surface area contributed by atoms with Crippen LogP contribution in [0.15, 0.2) is 24.3 Å². The van der Waals surface area contributed by atoms with Gasteiger partial charge < -0.3 is 15.8 Å². The number of nitrogens with one attached hydrogen (secondary N) is 1. The SMILES string of the molecule is CC(C)CC(c1ccc(C2(N)CC2)cc1)N1CC(NC(=O)OC(C)(C)C)C1. The topological polar surface area (TPSA) is 67.6 Å². The minimum Gasteiger partial charge on any atom is -0.444 e. The fourth-order valence-corrected chi connectivity index (χ4v) is 3.74. The standard InChI is InChI=1S/C22H35N3O2/c1-15(2)12-19(16-6-8-17(9-7-16)22(23)10-11-22)25-13-18(14-25)24-20(26)27-21(3,4)5/h6-9,15,18-19H,10-14,23H2,1-5H3,(H,24,26). The Labute approximate surface area is 163 Å². The predicted molar refractivity (Wildman–Crippen MR) is 108 cm³/mol. The number of benzene rings is 1. The number of amides is 1. The predicted octanol–water partition coefficient (Wildman–Crippen LogP) is 3.93. The van der Waals surface area contributed by atoms with E-state index in [-0.39, 0.29) is 17.7 Å². The second kappa shape index (κ2) is 7.44. The molecule has 150 valence electrons. The van der Waals surface area contributed by atoms with Crippen LogP contribution in [0, 0.1) is 5.92 Å². The molecule has 5 nitrogen and oxygen atoms in total. The van der Waals surface area contributed by atoms with Crippen molar-refractivity contribution in [2.75, 3.05) is 13.1 Å². The Morgan fingerprint density at radius 3 is 2.33 bits per heavy atom. The van der Waals surface area contributed by atoms with Crippen LogP contribution in [0.1, 0.15) is 71.0 Å². The van der Waals surface area contributed by atoms with Crippen molar-refractivity contribution in [2.24, 2.45) is 11.7 Å². The van der Waals surface area contributed by atoms with Crippen LogP contribution in [-0.4, -0.2) is 35.7 Å². The van der Waals surface area contributed by atoms with E-state index in [1.54, 1.807) is 0 Å². The number of nitrogens with zero attached hydrogens (tertiary/aromatic N) is 1. The molecule has 1 aromatic rings. The number of carbonyl (C=O) groups excluding carboxylic acids is 1. The third-order valence-corrected chi connectivity index (χ3v) is 5.43. The zero-order valence-electron chi connectivity index (χ0n) is 17.4. The van der Waals surface area contributed by atoms with Gasteiger partial charge in [0.05, 0.1) is 6.04 Å². The van der Waals surface area contributed by atoms with Crippen molar-refractivity contribution in [1.29, 1.82) is 0 Å². The van der Waals surface area contributed by atoms with E-state index < -0.39 is 5.60 Å². The molecule has 1 amide bonds. The summed E-state index contributed by atoms with van der Waals surface area (Å²) in [5, 5.41) is 2.98. The molecule has 1 saturated heterocycles. The molecule has 27 heavy (non-hydrogen) atoms. The molecule has 1 aliphatic heterocycles. The van der Waals surface area contributed by atoms with Gasteiger partial charge in [-0.3, -0.25) is 4.90 Å². The van der Waals surface area contributed by atoms with Crippen molar-refractivity contribution in [1.82, 2.24) is 10.2 Å². The first-order valence-corrected chi connectivity index (χ1v) is 10.2. The molecular weight excluding hydrogens is 338 g/mol. The number of carbonyl (C=O) groups is 1. The van der Waals surface area contributed by atoms with E-state index in [0.717, 1.165) is 32.4 Å². The zero-order valence-corrected chi connectivity index (χ0v) is 17.4. The number of nitrogens with two attached hydrogens (primary N) is 1. The molecule has 1 aromatic carbocycles. The number of hydrogen-bond acceptors (Lipinski definition) is 4. The van der Waals surface area contributed by atoms with Crippen LogP contribution in [-0.2, 0) is 10.3 Å². The largest absolute Gasteiger partial charge is 0.444 e. The van der Waals surface area contributed by atoms with Gasteiger partial charge in [-0.25, -0.2) is 4.79 Å². The minimum absolute atomic E-state index is 0.0781. The molecule has 2 fully saturated rings. The Hall–Kier alpha value is -1.59. The molecule has 0 spiro atoms. The Kier molecular flexibility index (Phi) is 5.55. The average molecular weight is 374 g/mol. The molecule has 2 aliphatic rings. The summed E-state index contributed by atoms with van der Waals surface area (Å²) in [6.07, 6.45) is 2.96. The van der Waals surface area contributed by atoms with Crippen molar-refractivity contribution < 1.29 is 9.53 Å². The van der Waals surface area contributed by atoms with Crippen molar-refractivity contribution in [3.05, 3.63) is 35.4 Å². The monoisotopic (exact) mass is 373 g/mol. The van der Waals surface area contributed by atoms with Crippen LogP contribution in [0.2, 0.25) is 0 Å². The molecule has 0 aromatic heterocycles. The molecule has 3 N–H and O–H groups in total. The maximum atomic E-state index is 12.0. The molecule has 1 aliphatic carbocycles. The van der Waals surface area contributed by atoms with Gasteiger partial charge >= 0.3 is 6.09 Å². The van der Waals surface area contributed by atoms with E-state index in [1.165, 1.54) is 11.1 Å². The zero-order chi connectivity index (χ0) is 19.8. The molecule has 1 atom stereocenters. The van der Waals surface area contributed by atoms with Gasteiger partial charge in [-0.05, 0) is 57.1 Å². The van der Waals surface area contributed by atoms with Gasteiger partial charge in [-0.2, -0.15) is 0 Å². The Balaban J connectivity index is 1.59. The number of ether oxygens (including phenoxy) is 1. The van der Waals surface area contributed by atoms with Crippen molar-refractivity contribution >= 4 is 6.09 Å². The number of hydrogen-bond donors (Lipinski definition) is 2. The molecular formula is C22H35N3O2. The molecule has 0 radical (unpaired) electrons. The lowest BCUT2D eigenvalue weighted by Crippen LogP contribution is -2.60. The second-order valence-corrected chi connectivity index (χ2v) is 9.72. The van der Waals surface area contributed by atoms with E-state index in [0.29, 0.717) is 12.0 Å². The van der Waals surface area contributed by atoms with Crippen LogP contribution in [0.5, 0.6) is 0 Å². The molecule has 1 unspecified atom stereocenters. The van der Waals surface area contributed by atoms with Gasteiger partial charge in [-0.1, -0.05) is 38.1 Å². The van der Waals surface area contributed by atoms with E-state index >= 15 is 0 Å². The lowest BCUT2D eigenvalue weighted by molar-refractivity contribution is 0.0289. The van der Waals surface area contributed by atoms with Gasteiger partial charge in [0, 0.05) is 24.7 Å². The van der Waals surface area contributed by atoms with Gasteiger partial charge in [0.25, 0.3) is 0 Å². The summed E-state index contributed by atoms with van der Waals surface area (Å²) in [5.41, 5.74) is 8.37. The molecule has 1 heterocycles. The summed E-state index contributed by atoms with van der Waals surface area (Å²) in [5.74, 6) is 0.608. The second-order valence-electron chi connectivity index (χ2n) is 9.72. The normalized spacial score (nSPS) is 20.9. The molecule has 0 bridgehead atoms. The molecule has 5 heteroatoms. The van der Waals surface area contributed by atoms with Gasteiger partial charge in [0.15, 0.2) is 0 Å². The van der Waals surface area contributed by atoms with E-state index in [2.05, 4.69) is 48.3 Å². The summed E-state index contributed by atoms with van der Waals surface area (Å²) < 4.78 is 5.36. The van der Waals surface area contributed by atoms with E-state index in [1.807, 2.05) is 20.8 Å². The lowest BCUT2D eigenvalue weighted by atomic mass is 9.91. The van der Waals surface area contributed by atoms with Crippen molar-refractivity contribution in [3.63, 3.8) is 0 Å². The fourth-order valence-electron chi connectivity index (χ4n) is 3.74. The lowest BCUT2D eigenvalue weighted by Gasteiger charge is -2.45. The summed E-state index contributed by atoms with van der Waals surface area (Å²) in [4.78, 5) is 14.4. The summed E-state index contributed by atoms with van der Waals surface area (Å²) in [6, 6.07) is 9.42. The average Bonchev–Trinajstić information content (AvgIpc) is 3.26. The number of likely N-dealkylation sites (tertiary alicyclic amines) is 1. The summed E-state index contributed by atoms with van der Waals surface area (Å²) in [7, 11) is 0. The molecule has 1 saturated carbocycles. The Morgan fingerprint density at radius 2 is 1.85 bits per heavy atom. The van der Waals surface area contributed by atoms with Gasteiger partial charge in [-0.15, -0.1) is 0 Å². The van der Waals surface area contributed by atoms with E-state index in [9.17, 15) is 4.79 Å². The van der Waals surface area contributed by atoms with E-state index in [4.69, 9.17) is 10.5 Å². The van der Waals surface area contributed by atoms with Gasteiger partial charge in [0.2, 0.25) is 0 Å². The Bertz CT molecular complexity index is 653. The third-order valence-electron chi connectivity index (χ3n) is 5.43. The highest BCUT2D eigenvalue weighted by Crippen LogP contribution is 2.43. The summed E-state index contributed by atoms with van der Waals surface area (Å²) >= 11 is 0. The molecule has 3 rings (SSSR count). The van der Waals surface area contributed by atoms with Crippen molar-refractivity contribution in [3.8, 4) is 0 Å². The highest BCUT2D eigenvalue weighted by atomic mass is 16.6. The van der Waals surface area contributed by atoms with Gasteiger partial charge in [0.1, 0.15) is 5.60 Å². The van der Waals surface area contributed by atoms with Crippen LogP contribution in [0.4, 0.5) is 4.79 Å². The quantitative estimate of drug-likeness (QED) is 0.793. The third kappa shape index (κ3) is 5.23. The first kappa shape index (κ1) is 20.2. The highest BCUT2D eigenvalue weighted by Gasteiger charge is 2.40. The Morgan fingerprint density at radius 1 is 1.26 bits per heavy atom. The number of rotatable bonds is 6. The minimum atomic E-state index is -0.461. The summed E-state index contributed by atoms with van der Waals surface area (Å²) in [6.45, 7) is 11.9. The fraction of sp³-hybridized carbons (Fsp3) is 0.682. The first-order chi connectivity index (χ1) is 12.6. The maximum absolute atomic E-state index is 12.0. The first-order valence-electron chi connectivity index (χ1n) is 10.2.